The second kappa shape index (κ2) is 40.2. The Morgan fingerprint density at radius 3 is 1.31 bits per heavy atom. The lowest BCUT2D eigenvalue weighted by molar-refractivity contribution is -0.140. The van der Waals surface area contributed by atoms with Crippen LogP contribution >= 0.6 is 116 Å². The van der Waals surface area contributed by atoms with Crippen LogP contribution < -0.4 is 21.3 Å². The molecule has 4 aliphatic rings. The molecule has 13 rings (SSSR count). The third-order valence-electron chi connectivity index (χ3n) is 19.8. The summed E-state index contributed by atoms with van der Waals surface area (Å²) in [6, 6.07) is 27.9. The first-order valence-corrected chi connectivity index (χ1v) is 42.1. The van der Waals surface area contributed by atoms with Crippen LogP contribution in [0.1, 0.15) is 116 Å². The van der Waals surface area contributed by atoms with Gasteiger partial charge < -0.3 is 61.1 Å². The summed E-state index contributed by atoms with van der Waals surface area (Å²) in [6.45, 7) is 3.77. The average Bonchev–Trinajstić information content (AvgIpc) is 0.810. The molecular weight excluding hydrogens is 1750 g/mol. The number of fused-ring (bicyclic) bond motifs is 3. The number of aliphatic hydroxyl groups excluding tert-OH is 1. The number of hydrogen-bond acceptors (Lipinski definition) is 15. The van der Waals surface area contributed by atoms with Crippen molar-refractivity contribution in [2.75, 3.05) is 65.7 Å². The molecule has 1 saturated heterocycles. The number of hydrogen-bond donors (Lipinski definition) is 7. The van der Waals surface area contributed by atoms with Gasteiger partial charge in [0.05, 0.1) is 71.1 Å². The average molecular weight is 1830 g/mol. The molecular formula is C81H73Cl9FN11O14S2. The van der Waals surface area contributed by atoms with E-state index in [0.717, 1.165) is 23.3 Å². The van der Waals surface area contributed by atoms with Crippen molar-refractivity contribution in [1.29, 1.82) is 0 Å². The number of rotatable bonds is 21. The van der Waals surface area contributed by atoms with Crippen LogP contribution in [0.2, 0.25) is 45.2 Å². The zero-order chi connectivity index (χ0) is 85.1. The summed E-state index contributed by atoms with van der Waals surface area (Å²) < 4.78 is 27.1. The fraction of sp³-hybridized carbons (Fsp3) is 0.272. The van der Waals surface area contributed by atoms with Crippen molar-refractivity contribution >= 4 is 186 Å². The second-order valence-corrected chi connectivity index (χ2v) is 33.8. The molecule has 0 spiro atoms. The molecule has 0 aliphatic carbocycles. The molecule has 7 aromatic carbocycles. The third-order valence-corrected chi connectivity index (χ3v) is 24.5. The number of aliphatic carboxylic acids is 2. The van der Waals surface area contributed by atoms with Crippen LogP contribution in [0.25, 0.3) is 0 Å². The first kappa shape index (κ1) is 89.5. The number of nitrogens with zero attached hydrogens (tertiary/aromatic N) is 7. The number of halogens is 10. The smallest absolute Gasteiger partial charge is 0.328 e. The van der Waals surface area contributed by atoms with Gasteiger partial charge in [0.25, 0.3) is 41.4 Å². The van der Waals surface area contributed by atoms with Crippen molar-refractivity contribution < 1.29 is 71.9 Å². The molecule has 8 amide bonds. The SMILES string of the molecule is CN1CCN(C(=O)[C@H](CNC(=O)c2cccs2)NC(=O)c2c(Cl)cc3c(c2Cl)CCN(C(=O)c2ccc(Cl)cc2)C3)CC1.CS(=O)c1cc(F)cc(C[C@H](NC(=O)c2c(Cl)cc3c(c2Cl)CCN(C(=O)c2ccc(Cl)cc2)C3)C(=O)O)c1.O=C(N[C@@H](Cn1cc(CO)cn1)C(=O)O)c1c(Cl)cc2c(c1Cl)CCN(C(=O)c1ccc(Cl)cc1)C2. The maximum atomic E-state index is 14.0. The van der Waals surface area contributed by atoms with Gasteiger partial charge in [-0.2, -0.15) is 5.10 Å². The Kier molecular flexibility index (Phi) is 30.5. The molecule has 118 heavy (non-hydrogen) atoms. The molecule has 4 atom stereocenters. The Hall–Kier alpha value is -9.24. The third kappa shape index (κ3) is 22.0. The Balaban J connectivity index is 0.000000174. The van der Waals surface area contributed by atoms with Crippen LogP contribution in [0.15, 0.2) is 144 Å². The predicted octanol–water partition coefficient (Wildman–Crippen LogP) is 12.8. The van der Waals surface area contributed by atoms with E-state index in [1.807, 2.05) is 7.05 Å². The molecule has 1 fully saturated rings. The molecule has 0 saturated carbocycles. The number of carboxylic acids is 2. The van der Waals surface area contributed by atoms with Crippen LogP contribution in [-0.4, -0.2) is 197 Å². The van der Waals surface area contributed by atoms with Crippen molar-refractivity contribution in [2.24, 2.45) is 0 Å². The number of likely N-dealkylation sites (N-methyl/N-ethyl adjacent to an activating group) is 1. The van der Waals surface area contributed by atoms with Gasteiger partial charge >= 0.3 is 11.9 Å². The number of aliphatic hydroxyl groups is 1. The minimum absolute atomic E-state index is 0.00407. The highest BCUT2D eigenvalue weighted by Gasteiger charge is 2.36. The molecule has 2 aromatic heterocycles. The van der Waals surface area contributed by atoms with Crippen LogP contribution in [-0.2, 0) is 83.7 Å². The minimum Gasteiger partial charge on any atom is -0.480 e. The number of aromatic nitrogens is 2. The van der Waals surface area contributed by atoms with Gasteiger partial charge in [0, 0.05) is 144 Å². The van der Waals surface area contributed by atoms with Gasteiger partial charge in [-0.15, -0.1) is 11.3 Å². The summed E-state index contributed by atoms with van der Waals surface area (Å²) >= 11 is 58.5. The Bertz CT molecular complexity index is 5400. The fourth-order valence-electron chi connectivity index (χ4n) is 13.6. The Morgan fingerprint density at radius 1 is 0.517 bits per heavy atom. The number of thiophene rings is 1. The summed E-state index contributed by atoms with van der Waals surface area (Å²) in [5.74, 6) is -6.59. The number of carboxylic acid groups (broad SMARTS) is 2. The lowest BCUT2D eigenvalue weighted by Crippen LogP contribution is -2.57. The van der Waals surface area contributed by atoms with E-state index in [1.165, 1.54) is 40.7 Å². The molecule has 0 radical (unpaired) electrons. The number of amides is 8. The molecule has 6 heterocycles. The van der Waals surface area contributed by atoms with Gasteiger partial charge in [-0.1, -0.05) is 110 Å². The first-order valence-electron chi connectivity index (χ1n) is 36.3. The maximum Gasteiger partial charge on any atom is 0.328 e. The Labute approximate surface area is 727 Å². The summed E-state index contributed by atoms with van der Waals surface area (Å²) in [7, 11) is 0.501. The number of piperazine rings is 1. The number of benzene rings is 7. The Morgan fingerprint density at radius 2 is 0.932 bits per heavy atom. The van der Waals surface area contributed by atoms with Gasteiger partial charge in [-0.3, -0.25) is 47.2 Å². The van der Waals surface area contributed by atoms with Gasteiger partial charge in [0.1, 0.15) is 23.9 Å². The van der Waals surface area contributed by atoms with E-state index in [-0.39, 0.29) is 133 Å². The summed E-state index contributed by atoms with van der Waals surface area (Å²) in [6.07, 6.45) is 5.17. The van der Waals surface area contributed by atoms with Gasteiger partial charge in [0.2, 0.25) is 5.91 Å². The van der Waals surface area contributed by atoms with Gasteiger partial charge in [0.15, 0.2) is 0 Å². The van der Waals surface area contributed by atoms with E-state index >= 15 is 0 Å². The topological polar surface area (TPSA) is 331 Å². The van der Waals surface area contributed by atoms with Crippen LogP contribution in [0.3, 0.4) is 0 Å². The fourth-order valence-corrected chi connectivity index (χ4v) is 17.5. The van der Waals surface area contributed by atoms with Crippen molar-refractivity contribution in [3.05, 3.63) is 273 Å². The number of carbonyl (C=O) groups is 10. The highest BCUT2D eigenvalue weighted by atomic mass is 35.5. The summed E-state index contributed by atoms with van der Waals surface area (Å²) in [5.41, 5.74) is 6.36. The van der Waals surface area contributed by atoms with E-state index in [2.05, 4.69) is 31.3 Å². The largest absolute Gasteiger partial charge is 0.480 e. The van der Waals surface area contributed by atoms with E-state index in [4.69, 9.17) is 110 Å². The van der Waals surface area contributed by atoms with Crippen LogP contribution in [0.5, 0.6) is 0 Å². The first-order chi connectivity index (χ1) is 56.2. The quantitative estimate of drug-likeness (QED) is 0.0351. The second-order valence-electron chi connectivity index (χ2n) is 27.8. The van der Waals surface area contributed by atoms with Crippen molar-refractivity contribution in [1.82, 2.24) is 55.5 Å². The van der Waals surface area contributed by atoms with E-state index in [1.54, 1.807) is 128 Å². The minimum atomic E-state index is -1.48. The van der Waals surface area contributed by atoms with Crippen molar-refractivity contribution in [2.45, 2.75) is 81.5 Å². The summed E-state index contributed by atoms with van der Waals surface area (Å²) in [4.78, 5) is 138. The van der Waals surface area contributed by atoms with Gasteiger partial charge in [-0.25, -0.2) is 14.0 Å². The highest BCUT2D eigenvalue weighted by Crippen LogP contribution is 2.39. The molecule has 7 N–H and O–H groups in total. The number of nitrogens with one attached hydrogen (secondary N) is 4. The van der Waals surface area contributed by atoms with Crippen LogP contribution in [0, 0.1) is 5.82 Å². The lowest BCUT2D eigenvalue weighted by atomic mass is 9.95. The van der Waals surface area contributed by atoms with Crippen molar-refractivity contribution in [3.63, 3.8) is 0 Å². The van der Waals surface area contributed by atoms with Crippen LogP contribution in [0.4, 0.5) is 4.39 Å². The predicted molar refractivity (Wildman–Crippen MR) is 449 cm³/mol. The molecule has 37 heteroatoms. The van der Waals surface area contributed by atoms with Gasteiger partial charge in [-0.05, 0) is 186 Å². The standard InChI is InChI=1S/C30H30Cl3N5O4S.C27H22Cl3FN2O5S.C24H21Cl3N4O5/c1-36-10-12-37(13-11-36)30(42)23(16-34-27(39)24-3-2-14-43-24)35-28(40)25-22(32)15-19-17-38(9-8-21(19)26(25)33)29(41)18-4-6-20(31)7-5-18;1-39(38)19-9-14(8-18(31)12-19)10-22(27(36)37)32-25(34)23-21(29)11-16-13-33(7-6-20(16)24(23)30)26(35)15-2-4-17(28)5-3-15;25-16-3-1-14(2-4-16)23(34)30-6-5-17-15(10-30)7-18(26)20(21(17)27)22(33)29-19(24(35)36)11-31-9-13(12-32)8-28-31/h2-7,14-15,23H,8-13,16-17H2,1H3,(H,34,39)(H,35,40);2-5,8-9,11-12,22H,6-7,10,13H2,1H3,(H,32,34)(H,36,37);1-4,7-9,19,32H,5-6,10-12H2,(H,29,33)(H,35,36)/t23-;22-,39?;19-/m000/s1. The molecule has 25 nitrogen and oxygen atoms in total. The molecule has 1 unspecified atom stereocenters. The maximum absolute atomic E-state index is 14.0. The van der Waals surface area contributed by atoms with E-state index in [0.29, 0.717) is 130 Å². The van der Waals surface area contributed by atoms with Crippen molar-refractivity contribution in [3.8, 4) is 0 Å². The summed E-state index contributed by atoms with van der Waals surface area (Å²) in [5, 5.41) is 46.8. The van der Waals surface area contributed by atoms with E-state index < -0.39 is 64.4 Å². The zero-order valence-corrected chi connectivity index (χ0v) is 71.0. The molecule has 4 aliphatic heterocycles. The number of carbonyl (C=O) groups excluding carboxylic acids is 8. The lowest BCUT2D eigenvalue weighted by Gasteiger charge is -2.35. The molecule has 618 valence electrons. The molecule has 9 aromatic rings. The zero-order valence-electron chi connectivity index (χ0n) is 62.6. The highest BCUT2D eigenvalue weighted by molar-refractivity contribution is 7.84. The molecule has 0 bridgehead atoms. The monoisotopic (exact) mass is 1820 g/mol. The van der Waals surface area contributed by atoms with E-state index in [9.17, 15) is 66.8 Å². The normalized spacial score (nSPS) is 14.7.